The zero-order chi connectivity index (χ0) is 25.2. The molecule has 0 aromatic heterocycles. The maximum atomic E-state index is 13.9. The van der Waals surface area contributed by atoms with Gasteiger partial charge in [-0.15, -0.1) is 0 Å². The van der Waals surface area contributed by atoms with Gasteiger partial charge in [-0.1, -0.05) is 59.6 Å². The zero-order valence-corrected chi connectivity index (χ0v) is 21.2. The minimum absolute atomic E-state index is 0.0969. The van der Waals surface area contributed by atoms with E-state index in [1.54, 1.807) is 48.5 Å². The first kappa shape index (κ1) is 24.1. The highest BCUT2D eigenvalue weighted by atomic mass is 35.5. The Hall–Kier alpha value is -3.60. The van der Waals surface area contributed by atoms with E-state index in [2.05, 4.69) is 0 Å². The third kappa shape index (κ3) is 4.62. The van der Waals surface area contributed by atoms with E-state index >= 15 is 0 Å². The molecule has 2 amide bonds. The van der Waals surface area contributed by atoms with E-state index in [-0.39, 0.29) is 23.9 Å². The first-order valence-electron chi connectivity index (χ1n) is 11.8. The van der Waals surface area contributed by atoms with Gasteiger partial charge >= 0.3 is 0 Å². The van der Waals surface area contributed by atoms with Gasteiger partial charge in [0, 0.05) is 38.6 Å². The molecule has 2 atom stereocenters. The normalized spacial score (nSPS) is 16.8. The van der Waals surface area contributed by atoms with Gasteiger partial charge in [0.15, 0.2) is 0 Å². The molecule has 0 saturated heterocycles. The Morgan fingerprint density at radius 1 is 0.750 bits per heavy atom. The summed E-state index contributed by atoms with van der Waals surface area (Å²) in [6, 6.07) is 30.9. The Morgan fingerprint density at radius 2 is 1.31 bits per heavy atom. The Balaban J connectivity index is 1.60. The van der Waals surface area contributed by atoms with Crippen LogP contribution in [0.4, 0.5) is 11.4 Å². The summed E-state index contributed by atoms with van der Waals surface area (Å²) in [6.45, 7) is 2.02. The second-order valence-electron chi connectivity index (χ2n) is 8.86. The molecule has 180 valence electrons. The van der Waals surface area contributed by atoms with Crippen LogP contribution in [0, 0.1) is 0 Å². The molecule has 0 aliphatic carbocycles. The second kappa shape index (κ2) is 10.2. The van der Waals surface area contributed by atoms with Crippen molar-refractivity contribution in [1.82, 2.24) is 0 Å². The molecule has 0 unspecified atom stereocenters. The second-order valence-corrected chi connectivity index (χ2v) is 9.73. The molecule has 4 nitrogen and oxygen atoms in total. The van der Waals surface area contributed by atoms with Crippen LogP contribution >= 0.6 is 23.2 Å². The topological polar surface area (TPSA) is 40.6 Å². The first-order valence-corrected chi connectivity index (χ1v) is 12.5. The summed E-state index contributed by atoms with van der Waals surface area (Å²) in [5, 5.41) is 1.16. The highest BCUT2D eigenvalue weighted by Gasteiger charge is 2.39. The standard InChI is InChI=1S/C30H24Cl2N2O2/c1-20-19-28(34(25-7-3-2-4-8-25)30(36)22-13-17-24(32)18-14-22)26-9-5-6-10-27(26)33(20)29(35)21-11-15-23(31)16-12-21/h2-18,20,28H,19H2,1H3/t20-,28+/m0/s1. The van der Waals surface area contributed by atoms with E-state index in [0.29, 0.717) is 27.6 Å². The van der Waals surface area contributed by atoms with E-state index in [9.17, 15) is 9.59 Å². The van der Waals surface area contributed by atoms with Gasteiger partial charge in [-0.3, -0.25) is 9.59 Å². The summed E-state index contributed by atoms with van der Waals surface area (Å²) in [5.41, 5.74) is 3.63. The maximum Gasteiger partial charge on any atom is 0.258 e. The highest BCUT2D eigenvalue weighted by Crippen LogP contribution is 2.43. The fourth-order valence-electron chi connectivity index (χ4n) is 4.83. The molecule has 36 heavy (non-hydrogen) atoms. The average molecular weight is 515 g/mol. The number of amides is 2. The number of fused-ring (bicyclic) bond motifs is 1. The molecule has 0 bridgehead atoms. The SMILES string of the molecule is C[C@H]1C[C@@H](N(C(=O)c2ccc(Cl)cc2)c2ccccc2)c2ccccc2N1C(=O)c1ccc(Cl)cc1. The van der Waals surface area contributed by atoms with Gasteiger partial charge in [0.25, 0.3) is 11.8 Å². The molecule has 0 spiro atoms. The third-order valence-corrected chi connectivity index (χ3v) is 7.03. The minimum Gasteiger partial charge on any atom is -0.305 e. The van der Waals surface area contributed by atoms with Crippen molar-refractivity contribution in [2.24, 2.45) is 0 Å². The van der Waals surface area contributed by atoms with Crippen LogP contribution in [-0.4, -0.2) is 17.9 Å². The number of anilines is 2. The summed E-state index contributed by atoms with van der Waals surface area (Å²) in [6.07, 6.45) is 0.574. The molecular formula is C30H24Cl2N2O2. The van der Waals surface area contributed by atoms with Crippen molar-refractivity contribution in [3.63, 3.8) is 0 Å². The number of hydrogen-bond donors (Lipinski definition) is 0. The predicted octanol–water partition coefficient (Wildman–Crippen LogP) is 7.82. The summed E-state index contributed by atoms with van der Waals surface area (Å²) >= 11 is 12.1. The number of para-hydroxylation sites is 2. The van der Waals surface area contributed by atoms with Crippen molar-refractivity contribution in [2.45, 2.75) is 25.4 Å². The lowest BCUT2D eigenvalue weighted by Crippen LogP contribution is -2.47. The van der Waals surface area contributed by atoms with Crippen molar-refractivity contribution in [3.05, 3.63) is 130 Å². The van der Waals surface area contributed by atoms with Crippen LogP contribution in [0.25, 0.3) is 0 Å². The van der Waals surface area contributed by atoms with Crippen molar-refractivity contribution < 1.29 is 9.59 Å². The molecule has 0 fully saturated rings. The Labute approximate surface area is 220 Å². The van der Waals surface area contributed by atoms with E-state index in [0.717, 1.165) is 16.9 Å². The number of nitrogens with zero attached hydrogens (tertiary/aromatic N) is 2. The van der Waals surface area contributed by atoms with E-state index < -0.39 is 0 Å². The quantitative estimate of drug-likeness (QED) is 0.278. The molecule has 0 radical (unpaired) electrons. The fraction of sp³-hybridized carbons (Fsp3) is 0.133. The highest BCUT2D eigenvalue weighted by molar-refractivity contribution is 6.31. The molecule has 5 rings (SSSR count). The molecule has 0 N–H and O–H groups in total. The minimum atomic E-state index is -0.268. The van der Waals surface area contributed by atoms with Crippen molar-refractivity contribution in [2.75, 3.05) is 9.80 Å². The number of hydrogen-bond acceptors (Lipinski definition) is 2. The van der Waals surface area contributed by atoms with Gasteiger partial charge in [0.2, 0.25) is 0 Å². The van der Waals surface area contributed by atoms with Gasteiger partial charge < -0.3 is 9.80 Å². The maximum absolute atomic E-state index is 13.9. The molecule has 1 heterocycles. The van der Waals surface area contributed by atoms with Crippen LogP contribution in [0.5, 0.6) is 0 Å². The third-order valence-electron chi connectivity index (χ3n) is 6.53. The van der Waals surface area contributed by atoms with Gasteiger partial charge in [-0.25, -0.2) is 0 Å². The van der Waals surface area contributed by atoms with E-state index in [1.807, 2.05) is 71.3 Å². The Bertz CT molecular complexity index is 1390. The molecule has 1 aliphatic rings. The molecule has 4 aromatic carbocycles. The van der Waals surface area contributed by atoms with Crippen molar-refractivity contribution in [1.29, 1.82) is 0 Å². The Morgan fingerprint density at radius 3 is 1.94 bits per heavy atom. The lowest BCUT2D eigenvalue weighted by molar-refractivity contribution is 0.0965. The van der Waals surface area contributed by atoms with Crippen LogP contribution in [0.15, 0.2) is 103 Å². The van der Waals surface area contributed by atoms with Gasteiger partial charge in [0.05, 0.1) is 6.04 Å². The van der Waals surface area contributed by atoms with Crippen molar-refractivity contribution >= 4 is 46.4 Å². The first-order chi connectivity index (χ1) is 17.4. The molecule has 0 saturated carbocycles. The predicted molar refractivity (Wildman–Crippen MR) is 146 cm³/mol. The average Bonchev–Trinajstić information content (AvgIpc) is 2.90. The van der Waals surface area contributed by atoms with Crippen LogP contribution in [0.2, 0.25) is 10.0 Å². The molecular weight excluding hydrogens is 491 g/mol. The number of halogens is 2. The lowest BCUT2D eigenvalue weighted by atomic mass is 9.89. The number of rotatable bonds is 4. The zero-order valence-electron chi connectivity index (χ0n) is 19.6. The largest absolute Gasteiger partial charge is 0.305 e. The molecule has 4 aromatic rings. The van der Waals surface area contributed by atoms with Gasteiger partial charge in [-0.05, 0) is 85.6 Å². The smallest absolute Gasteiger partial charge is 0.258 e. The van der Waals surface area contributed by atoms with Crippen LogP contribution in [0.1, 0.15) is 45.7 Å². The van der Waals surface area contributed by atoms with Gasteiger partial charge in [-0.2, -0.15) is 0 Å². The van der Waals surface area contributed by atoms with Crippen LogP contribution in [0.3, 0.4) is 0 Å². The fourth-order valence-corrected chi connectivity index (χ4v) is 5.08. The number of benzene rings is 4. The van der Waals surface area contributed by atoms with E-state index in [4.69, 9.17) is 23.2 Å². The van der Waals surface area contributed by atoms with Crippen molar-refractivity contribution in [3.8, 4) is 0 Å². The summed E-state index contributed by atoms with van der Waals surface area (Å²) in [4.78, 5) is 31.2. The van der Waals surface area contributed by atoms with Gasteiger partial charge in [0.1, 0.15) is 0 Å². The monoisotopic (exact) mass is 514 g/mol. The van der Waals surface area contributed by atoms with Crippen LogP contribution in [-0.2, 0) is 0 Å². The van der Waals surface area contributed by atoms with Crippen LogP contribution < -0.4 is 9.80 Å². The Kier molecular flexibility index (Phi) is 6.82. The summed E-state index contributed by atoms with van der Waals surface area (Å²) < 4.78 is 0. The molecule has 1 aliphatic heterocycles. The number of carbonyl (C=O) groups is 2. The summed E-state index contributed by atoms with van der Waals surface area (Å²) in [7, 11) is 0. The molecule has 6 heteroatoms. The summed E-state index contributed by atoms with van der Waals surface area (Å²) in [5.74, 6) is -0.220. The van der Waals surface area contributed by atoms with E-state index in [1.165, 1.54) is 0 Å². The lowest BCUT2D eigenvalue weighted by Gasteiger charge is -2.43. The number of carbonyl (C=O) groups excluding carboxylic acids is 2.